The molecule has 0 atom stereocenters. The predicted molar refractivity (Wildman–Crippen MR) is 131 cm³/mol. The summed E-state index contributed by atoms with van der Waals surface area (Å²) in [5.74, 6) is -0.430. The van der Waals surface area contributed by atoms with Gasteiger partial charge in [-0.2, -0.15) is 0 Å². The third-order valence-corrected chi connectivity index (χ3v) is 7.81. The zero-order valence-corrected chi connectivity index (χ0v) is 20.5. The van der Waals surface area contributed by atoms with Gasteiger partial charge in [-0.05, 0) is 54.6 Å². The number of carbonyl (C=O) groups is 1. The Hall–Kier alpha value is -1.47. The molecule has 0 amide bonds. The Labute approximate surface area is 207 Å². The fourth-order valence-electron chi connectivity index (χ4n) is 2.89. The van der Waals surface area contributed by atoms with Gasteiger partial charge in [0.1, 0.15) is 5.69 Å². The predicted octanol–water partition coefficient (Wildman–Crippen LogP) is 8.87. The molecule has 4 aromatic rings. The highest BCUT2D eigenvalue weighted by Gasteiger charge is 2.15. The molecule has 0 saturated heterocycles. The molecule has 0 fully saturated rings. The molecule has 3 nitrogen and oxygen atoms in total. The van der Waals surface area contributed by atoms with Crippen molar-refractivity contribution in [3.63, 3.8) is 0 Å². The van der Waals surface area contributed by atoms with Crippen molar-refractivity contribution in [2.45, 2.75) is 19.6 Å². The van der Waals surface area contributed by atoms with E-state index in [0.717, 1.165) is 30.5 Å². The normalized spacial score (nSPS) is 11.1. The van der Waals surface area contributed by atoms with Crippen molar-refractivity contribution < 1.29 is 9.53 Å². The quantitative estimate of drug-likeness (QED) is 0.262. The summed E-state index contributed by atoms with van der Waals surface area (Å²) in [5, 5.41) is 2.87. The number of methoxy groups -OCH3 is 1. The van der Waals surface area contributed by atoms with Gasteiger partial charge in [0, 0.05) is 30.5 Å². The van der Waals surface area contributed by atoms with Crippen molar-refractivity contribution in [3.8, 4) is 0 Å². The second-order valence-corrected chi connectivity index (χ2v) is 10.3. The number of nitrogens with one attached hydrogen (secondary N) is 1. The highest BCUT2D eigenvalue weighted by atomic mass is 35.5. The average Bonchev–Trinajstić information content (AvgIpc) is 3.17. The van der Waals surface area contributed by atoms with Crippen LogP contribution in [0.4, 0.5) is 0 Å². The molecular weight excluding hydrogens is 516 g/mol. The highest BCUT2D eigenvalue weighted by Crippen LogP contribution is 2.41. The van der Waals surface area contributed by atoms with E-state index in [0.29, 0.717) is 25.8 Å². The van der Waals surface area contributed by atoms with E-state index in [1.165, 1.54) is 30.6 Å². The van der Waals surface area contributed by atoms with Crippen molar-refractivity contribution in [2.24, 2.45) is 0 Å². The van der Waals surface area contributed by atoms with E-state index in [1.54, 1.807) is 18.2 Å². The summed E-state index contributed by atoms with van der Waals surface area (Å²) in [5.41, 5.74) is 1.19. The topological polar surface area (TPSA) is 42.1 Å². The van der Waals surface area contributed by atoms with Crippen LogP contribution in [-0.4, -0.2) is 18.1 Å². The molecule has 3 aromatic carbocycles. The first kappa shape index (κ1) is 22.7. The van der Waals surface area contributed by atoms with E-state index >= 15 is 0 Å². The summed E-state index contributed by atoms with van der Waals surface area (Å²) in [4.78, 5) is 19.0. The Kier molecular flexibility index (Phi) is 7.01. The van der Waals surface area contributed by atoms with E-state index < -0.39 is 5.97 Å². The Morgan fingerprint density at radius 1 is 0.774 bits per heavy atom. The summed E-state index contributed by atoms with van der Waals surface area (Å²) in [7, 11) is 1.35. The van der Waals surface area contributed by atoms with Gasteiger partial charge in [0.2, 0.25) is 0 Å². The number of aromatic amines is 1. The molecule has 31 heavy (non-hydrogen) atoms. The van der Waals surface area contributed by atoms with E-state index in [-0.39, 0.29) is 0 Å². The molecule has 9 heteroatoms. The molecule has 0 aliphatic carbocycles. The van der Waals surface area contributed by atoms with E-state index in [9.17, 15) is 4.79 Å². The fourth-order valence-corrected chi connectivity index (χ4v) is 5.66. The Morgan fingerprint density at radius 2 is 1.39 bits per heavy atom. The summed E-state index contributed by atoms with van der Waals surface area (Å²) in [6, 6.07) is 16.8. The van der Waals surface area contributed by atoms with Gasteiger partial charge < -0.3 is 9.72 Å². The van der Waals surface area contributed by atoms with Crippen LogP contribution in [-0.2, 0) is 4.74 Å². The highest BCUT2D eigenvalue weighted by molar-refractivity contribution is 8.00. The minimum atomic E-state index is -0.430. The molecule has 0 unspecified atom stereocenters. The van der Waals surface area contributed by atoms with Gasteiger partial charge in [0.05, 0.1) is 27.2 Å². The molecule has 1 N–H and O–H groups in total. The van der Waals surface area contributed by atoms with Gasteiger partial charge in [-0.25, -0.2) is 4.79 Å². The maximum atomic E-state index is 12.1. The lowest BCUT2D eigenvalue weighted by Gasteiger charge is -2.09. The second kappa shape index (κ2) is 9.57. The smallest absolute Gasteiger partial charge is 0.354 e. The van der Waals surface area contributed by atoms with Crippen LogP contribution in [0.1, 0.15) is 10.5 Å². The van der Waals surface area contributed by atoms with Gasteiger partial charge in [-0.15, -0.1) is 0 Å². The number of halogens is 4. The zero-order chi connectivity index (χ0) is 22.1. The van der Waals surface area contributed by atoms with Gasteiger partial charge in [-0.1, -0.05) is 69.9 Å². The van der Waals surface area contributed by atoms with Crippen LogP contribution in [0.25, 0.3) is 10.9 Å². The molecule has 0 aliphatic rings. The molecule has 0 radical (unpaired) electrons. The first-order chi connectivity index (χ1) is 14.8. The number of benzene rings is 3. The van der Waals surface area contributed by atoms with Crippen molar-refractivity contribution >= 4 is 86.8 Å². The van der Waals surface area contributed by atoms with Gasteiger partial charge in [0.15, 0.2) is 0 Å². The Bertz CT molecular complexity index is 1310. The van der Waals surface area contributed by atoms with Crippen LogP contribution >= 0.6 is 69.9 Å². The number of carbonyl (C=O) groups excluding carboxylic acids is 1. The number of ether oxygens (including phenoxy) is 1. The lowest BCUT2D eigenvalue weighted by Crippen LogP contribution is -2.00. The molecule has 158 valence electrons. The average molecular weight is 529 g/mol. The van der Waals surface area contributed by atoms with E-state index in [1.807, 2.05) is 30.3 Å². The molecule has 0 saturated carbocycles. The van der Waals surface area contributed by atoms with Crippen molar-refractivity contribution in [1.82, 2.24) is 4.98 Å². The maximum Gasteiger partial charge on any atom is 0.354 e. The minimum Gasteiger partial charge on any atom is -0.464 e. The maximum absolute atomic E-state index is 12.1. The van der Waals surface area contributed by atoms with Crippen LogP contribution < -0.4 is 0 Å². The van der Waals surface area contributed by atoms with E-state index in [2.05, 4.69) is 11.1 Å². The summed E-state index contributed by atoms with van der Waals surface area (Å²) < 4.78 is 4.86. The zero-order valence-electron chi connectivity index (χ0n) is 15.8. The van der Waals surface area contributed by atoms with Crippen LogP contribution in [0.5, 0.6) is 0 Å². The van der Waals surface area contributed by atoms with Crippen LogP contribution in [0.3, 0.4) is 0 Å². The molecular formula is C22H13Cl4NO2S2. The fraction of sp³-hybridized carbons (Fsp3) is 0.0455. The third kappa shape index (κ3) is 5.14. The lowest BCUT2D eigenvalue weighted by molar-refractivity contribution is 0.0595. The largest absolute Gasteiger partial charge is 0.464 e. The minimum absolute atomic E-state index is 0.380. The Balaban J connectivity index is 1.78. The van der Waals surface area contributed by atoms with Crippen molar-refractivity contribution in [1.29, 1.82) is 0 Å². The third-order valence-electron chi connectivity index (χ3n) is 4.32. The molecule has 1 heterocycles. The first-order valence-electron chi connectivity index (χ1n) is 8.85. The number of H-pyrrole nitrogens is 1. The molecule has 1 aromatic heterocycles. The van der Waals surface area contributed by atoms with Gasteiger partial charge >= 0.3 is 5.97 Å². The summed E-state index contributed by atoms with van der Waals surface area (Å²) >= 11 is 27.5. The molecule has 0 aliphatic heterocycles. The molecule has 0 spiro atoms. The van der Waals surface area contributed by atoms with Crippen LogP contribution in [0.15, 0.2) is 74.2 Å². The van der Waals surface area contributed by atoms with Crippen molar-refractivity contribution in [3.05, 3.63) is 80.4 Å². The summed E-state index contributed by atoms with van der Waals surface area (Å²) in [6.07, 6.45) is 0. The molecule has 4 rings (SSSR count). The van der Waals surface area contributed by atoms with Crippen LogP contribution in [0, 0.1) is 0 Å². The monoisotopic (exact) mass is 527 g/mol. The number of rotatable bonds is 5. The second-order valence-electron chi connectivity index (χ2n) is 6.41. The SMILES string of the molecule is COC(=O)c1cc2c(Sc3ccc(Cl)c(Cl)c3)cc(Sc3ccc(Cl)c(Cl)c3)cc2[nH]1. The number of hydrogen-bond donors (Lipinski definition) is 1. The van der Waals surface area contributed by atoms with Crippen molar-refractivity contribution in [2.75, 3.05) is 7.11 Å². The van der Waals surface area contributed by atoms with Gasteiger partial charge in [0.25, 0.3) is 0 Å². The van der Waals surface area contributed by atoms with Crippen LogP contribution in [0.2, 0.25) is 20.1 Å². The summed E-state index contributed by atoms with van der Waals surface area (Å²) in [6.45, 7) is 0. The Morgan fingerprint density at radius 3 is 1.97 bits per heavy atom. The van der Waals surface area contributed by atoms with Gasteiger partial charge in [-0.3, -0.25) is 0 Å². The molecule has 0 bridgehead atoms. The number of hydrogen-bond acceptors (Lipinski definition) is 4. The first-order valence-corrected chi connectivity index (χ1v) is 12.0. The number of aromatic nitrogens is 1. The number of esters is 1. The lowest BCUT2D eigenvalue weighted by atomic mass is 10.2. The standard InChI is InChI=1S/C22H13Cl4NO2S2/c1-29-22(28)20-10-14-19(27-20)8-13(30-11-2-4-15(23)17(25)6-11)9-21(14)31-12-3-5-16(24)18(26)7-12/h2-10,27H,1H3. The van der Waals surface area contributed by atoms with E-state index in [4.69, 9.17) is 51.1 Å². The number of fused-ring (bicyclic) bond motifs is 1.